The first-order valence-electron chi connectivity index (χ1n) is 13.2. The summed E-state index contributed by atoms with van der Waals surface area (Å²) in [4.78, 5) is 26.2. The Morgan fingerprint density at radius 2 is 2.14 bits per heavy atom. The smallest absolute Gasteiger partial charge is 0.406 e. The molecular weight excluding hydrogens is 503 g/mol. The molecular formula is C26H40ClFN4O5. The van der Waals surface area contributed by atoms with E-state index in [1.165, 1.54) is 30.7 Å². The number of nitrogens with zero attached hydrogens (tertiary/aromatic N) is 2. The summed E-state index contributed by atoms with van der Waals surface area (Å²) in [6.07, 6.45) is 5.77. The fourth-order valence-electron chi connectivity index (χ4n) is 5.11. The van der Waals surface area contributed by atoms with Gasteiger partial charge in [-0.25, -0.2) is 19.8 Å². The summed E-state index contributed by atoms with van der Waals surface area (Å²) < 4.78 is 30.5. The van der Waals surface area contributed by atoms with Crippen LogP contribution in [0.3, 0.4) is 0 Å². The number of amides is 3. The number of hydrogen-bond donors (Lipinski definition) is 2. The van der Waals surface area contributed by atoms with E-state index in [9.17, 15) is 14.0 Å². The number of ether oxygens (including phenoxy) is 3. The molecule has 208 valence electrons. The number of urea groups is 1. The summed E-state index contributed by atoms with van der Waals surface area (Å²) in [5.74, 6) is 6.14. The molecule has 0 bridgehead atoms. The standard InChI is InChI=1S/C26H40ClFN4O5/c1-35-25(33)30-9-13-37-24(21-14-22(27)16-23(28)15-21)20-8-5-10-31(17-20)26(34)32(29)11-4-7-19-6-2-3-12-36-18-19/h14-16,19-20,24H,2-13,17-18,29H2,1H3,(H,30,33)/t19?,20?,24-/m1/s1. The van der Waals surface area contributed by atoms with Crippen LogP contribution >= 0.6 is 11.6 Å². The van der Waals surface area contributed by atoms with Crippen molar-refractivity contribution in [3.63, 3.8) is 0 Å². The molecule has 2 fully saturated rings. The molecule has 0 radical (unpaired) electrons. The molecule has 11 heteroatoms. The Morgan fingerprint density at radius 3 is 2.92 bits per heavy atom. The summed E-state index contributed by atoms with van der Waals surface area (Å²) in [7, 11) is 1.29. The van der Waals surface area contributed by atoms with Crippen LogP contribution < -0.4 is 11.2 Å². The number of nitrogens with one attached hydrogen (secondary N) is 1. The first-order chi connectivity index (χ1) is 17.9. The third-order valence-corrected chi connectivity index (χ3v) is 7.20. The van der Waals surface area contributed by atoms with E-state index >= 15 is 0 Å². The Bertz CT molecular complexity index is 851. The average Bonchev–Trinajstić information content (AvgIpc) is 3.16. The van der Waals surface area contributed by atoms with Crippen LogP contribution in [0, 0.1) is 17.7 Å². The van der Waals surface area contributed by atoms with Crippen molar-refractivity contribution in [2.24, 2.45) is 17.7 Å². The van der Waals surface area contributed by atoms with E-state index in [1.807, 2.05) is 0 Å². The Morgan fingerprint density at radius 1 is 1.30 bits per heavy atom. The molecule has 9 nitrogen and oxygen atoms in total. The number of benzene rings is 1. The van der Waals surface area contributed by atoms with Gasteiger partial charge in [0.25, 0.3) is 0 Å². The number of piperidine rings is 1. The summed E-state index contributed by atoms with van der Waals surface area (Å²) in [5, 5.41) is 4.14. The van der Waals surface area contributed by atoms with Gasteiger partial charge in [0.15, 0.2) is 0 Å². The second-order valence-electron chi connectivity index (χ2n) is 9.82. The monoisotopic (exact) mass is 542 g/mol. The van der Waals surface area contributed by atoms with E-state index in [-0.39, 0.29) is 30.1 Å². The van der Waals surface area contributed by atoms with E-state index < -0.39 is 18.0 Å². The first-order valence-corrected chi connectivity index (χ1v) is 13.5. The number of carbonyl (C=O) groups excluding carboxylic acids is 2. The quantitative estimate of drug-likeness (QED) is 0.195. The Hall–Kier alpha value is -2.14. The van der Waals surface area contributed by atoms with E-state index in [0.717, 1.165) is 51.7 Å². The van der Waals surface area contributed by atoms with Gasteiger partial charge in [0.05, 0.1) is 19.8 Å². The minimum Gasteiger partial charge on any atom is -0.453 e. The SMILES string of the molecule is COC(=O)NCCO[C@@H](c1cc(F)cc(Cl)c1)C1CCCN(C(=O)N(N)CCCC2CCCCOC2)C1. The van der Waals surface area contributed by atoms with Crippen LogP contribution in [-0.4, -0.2) is 75.1 Å². The molecule has 0 aromatic heterocycles. The van der Waals surface area contributed by atoms with Crippen molar-refractivity contribution in [3.05, 3.63) is 34.6 Å². The number of hydrogen-bond acceptors (Lipinski definition) is 6. The van der Waals surface area contributed by atoms with Crippen molar-refractivity contribution in [3.8, 4) is 0 Å². The zero-order valence-electron chi connectivity index (χ0n) is 21.6. The number of nitrogens with two attached hydrogens (primary N) is 1. The first kappa shape index (κ1) is 29.4. The van der Waals surface area contributed by atoms with Gasteiger partial charge in [-0.1, -0.05) is 18.0 Å². The van der Waals surface area contributed by atoms with E-state index in [0.29, 0.717) is 31.1 Å². The molecule has 0 spiro atoms. The van der Waals surface area contributed by atoms with E-state index in [2.05, 4.69) is 10.1 Å². The van der Waals surface area contributed by atoms with Crippen LogP contribution in [0.15, 0.2) is 18.2 Å². The van der Waals surface area contributed by atoms with Crippen LogP contribution in [0.5, 0.6) is 0 Å². The van der Waals surface area contributed by atoms with Gasteiger partial charge in [-0.3, -0.25) is 5.01 Å². The molecule has 1 aromatic rings. The molecule has 2 aliphatic rings. The molecule has 3 amide bonds. The van der Waals surface area contributed by atoms with Gasteiger partial charge in [0.1, 0.15) is 5.82 Å². The number of carbonyl (C=O) groups is 2. The number of hydrazine groups is 1. The summed E-state index contributed by atoms with van der Waals surface area (Å²) >= 11 is 6.12. The Kier molecular flexibility index (Phi) is 12.2. The number of halogens is 2. The molecule has 0 saturated carbocycles. The van der Waals surface area contributed by atoms with Crippen LogP contribution in [0.1, 0.15) is 56.6 Å². The molecule has 0 aliphatic carbocycles. The molecule has 2 saturated heterocycles. The number of alkyl carbamates (subject to hydrolysis) is 1. The minimum absolute atomic E-state index is 0.0924. The average molecular weight is 543 g/mol. The van der Waals surface area contributed by atoms with Crippen molar-refractivity contribution < 1.29 is 28.2 Å². The lowest BCUT2D eigenvalue weighted by Crippen LogP contribution is -2.51. The predicted molar refractivity (Wildman–Crippen MR) is 138 cm³/mol. The van der Waals surface area contributed by atoms with Crippen LogP contribution in [0.25, 0.3) is 0 Å². The predicted octanol–water partition coefficient (Wildman–Crippen LogP) is 4.50. The van der Waals surface area contributed by atoms with Gasteiger partial charge in [-0.05, 0) is 68.2 Å². The maximum Gasteiger partial charge on any atom is 0.406 e. The van der Waals surface area contributed by atoms with Crippen molar-refractivity contribution >= 4 is 23.7 Å². The summed E-state index contributed by atoms with van der Waals surface area (Å²) in [6, 6.07) is 4.10. The van der Waals surface area contributed by atoms with Gasteiger partial charge in [0, 0.05) is 50.3 Å². The molecule has 3 rings (SSSR count). The van der Waals surface area contributed by atoms with Crippen molar-refractivity contribution in [1.29, 1.82) is 0 Å². The fraction of sp³-hybridized carbons (Fsp3) is 0.692. The third-order valence-electron chi connectivity index (χ3n) is 6.99. The van der Waals surface area contributed by atoms with Crippen molar-refractivity contribution in [2.75, 3.05) is 53.1 Å². The molecule has 2 unspecified atom stereocenters. The highest BCUT2D eigenvalue weighted by atomic mass is 35.5. The Labute approximate surface area is 223 Å². The second kappa shape index (κ2) is 15.3. The van der Waals surface area contributed by atoms with Crippen LogP contribution in [0.4, 0.5) is 14.0 Å². The Balaban J connectivity index is 1.58. The number of methoxy groups -OCH3 is 1. The van der Waals surface area contributed by atoms with E-state index in [1.54, 1.807) is 11.0 Å². The lowest BCUT2D eigenvalue weighted by atomic mass is 9.88. The van der Waals surface area contributed by atoms with Crippen LogP contribution in [0.2, 0.25) is 5.02 Å². The fourth-order valence-corrected chi connectivity index (χ4v) is 5.34. The van der Waals surface area contributed by atoms with Gasteiger partial charge in [-0.2, -0.15) is 0 Å². The lowest BCUT2D eigenvalue weighted by Gasteiger charge is -2.38. The normalized spacial score (nSPS) is 21.1. The number of likely N-dealkylation sites (tertiary alicyclic amines) is 1. The minimum atomic E-state index is -0.557. The molecule has 37 heavy (non-hydrogen) atoms. The van der Waals surface area contributed by atoms with Gasteiger partial charge < -0.3 is 24.4 Å². The van der Waals surface area contributed by atoms with E-state index in [4.69, 9.17) is 26.9 Å². The highest BCUT2D eigenvalue weighted by Crippen LogP contribution is 2.34. The molecule has 2 heterocycles. The molecule has 3 atom stereocenters. The summed E-state index contributed by atoms with van der Waals surface area (Å²) in [5.41, 5.74) is 0.595. The maximum absolute atomic E-state index is 14.2. The zero-order valence-corrected chi connectivity index (χ0v) is 22.4. The van der Waals surface area contributed by atoms with Gasteiger partial charge in [-0.15, -0.1) is 0 Å². The number of rotatable bonds is 10. The van der Waals surface area contributed by atoms with Gasteiger partial charge >= 0.3 is 12.1 Å². The van der Waals surface area contributed by atoms with Crippen molar-refractivity contribution in [1.82, 2.24) is 15.2 Å². The largest absolute Gasteiger partial charge is 0.453 e. The molecule has 1 aromatic carbocycles. The third kappa shape index (κ3) is 9.59. The highest BCUT2D eigenvalue weighted by Gasteiger charge is 2.33. The molecule has 3 N–H and O–H groups in total. The lowest BCUT2D eigenvalue weighted by molar-refractivity contribution is -0.0108. The maximum atomic E-state index is 14.2. The second-order valence-corrected chi connectivity index (χ2v) is 10.3. The zero-order chi connectivity index (χ0) is 26.6. The van der Waals surface area contributed by atoms with Crippen LogP contribution in [-0.2, 0) is 14.2 Å². The molecule has 2 aliphatic heterocycles. The highest BCUT2D eigenvalue weighted by molar-refractivity contribution is 6.30. The van der Waals surface area contributed by atoms with Gasteiger partial charge in [0.2, 0.25) is 0 Å². The summed E-state index contributed by atoms with van der Waals surface area (Å²) in [6.45, 7) is 3.53. The van der Waals surface area contributed by atoms with Crippen molar-refractivity contribution in [2.45, 2.75) is 51.0 Å². The topological polar surface area (TPSA) is 106 Å².